The summed E-state index contributed by atoms with van der Waals surface area (Å²) in [5, 5.41) is 0. The number of esters is 1. The van der Waals surface area contributed by atoms with Gasteiger partial charge in [-0.3, -0.25) is 14.8 Å². The van der Waals surface area contributed by atoms with E-state index in [1.165, 1.54) is 0 Å². The van der Waals surface area contributed by atoms with Gasteiger partial charge in [0.05, 0.1) is 6.61 Å². The van der Waals surface area contributed by atoms with Crippen molar-refractivity contribution >= 4 is 24.3 Å². The van der Waals surface area contributed by atoms with Crippen LogP contribution in [0.2, 0.25) is 0 Å². The monoisotopic (exact) mass is 279 g/mol. The van der Waals surface area contributed by atoms with Crippen molar-refractivity contribution < 1.29 is 14.3 Å². The van der Waals surface area contributed by atoms with Crippen LogP contribution >= 0.6 is 0 Å². The molecule has 0 unspecified atom stereocenters. The zero-order valence-electron chi connectivity index (χ0n) is 11.1. The molecule has 0 aliphatic carbocycles. The normalized spacial score (nSPS) is 16.2. The second-order valence-electron chi connectivity index (χ2n) is 3.86. The van der Waals surface area contributed by atoms with Gasteiger partial charge in [-0.1, -0.05) is 0 Å². The molecule has 2 heterocycles. The van der Waals surface area contributed by atoms with Crippen molar-refractivity contribution in [1.82, 2.24) is 0 Å². The second-order valence-corrected chi connectivity index (χ2v) is 3.86. The van der Waals surface area contributed by atoms with E-state index >= 15 is 0 Å². The molecule has 0 aromatic carbocycles. The largest absolute Gasteiger partial charge is 0.461 e. The molecule has 1 amide bonds. The van der Waals surface area contributed by atoms with E-state index in [1.807, 2.05) is 0 Å². The lowest BCUT2D eigenvalue weighted by atomic mass is 10.3. The average Bonchev–Trinajstić information content (AvgIpc) is 2.98. The van der Waals surface area contributed by atoms with Crippen LogP contribution in [0.5, 0.6) is 0 Å². The van der Waals surface area contributed by atoms with Crippen LogP contribution in [-0.2, 0) is 14.3 Å². The van der Waals surface area contributed by atoms with E-state index in [-0.39, 0.29) is 11.4 Å². The summed E-state index contributed by atoms with van der Waals surface area (Å²) in [7, 11) is 0. The molecule has 0 fully saturated rings. The Kier molecular flexibility index (Phi) is 5.45. The molecule has 2 aliphatic heterocycles. The quantitative estimate of drug-likeness (QED) is 0.585. The summed E-state index contributed by atoms with van der Waals surface area (Å²) in [6, 6.07) is 0. The average molecular weight is 279 g/mol. The topological polar surface area (TPSA) is 146 Å². The fourth-order valence-corrected chi connectivity index (χ4v) is 1.43. The summed E-state index contributed by atoms with van der Waals surface area (Å²) < 4.78 is 4.71. The van der Waals surface area contributed by atoms with E-state index in [1.54, 1.807) is 19.4 Å². The highest BCUT2D eigenvalue weighted by molar-refractivity contribution is 5.96. The van der Waals surface area contributed by atoms with Gasteiger partial charge in [0.2, 0.25) is 0 Å². The minimum atomic E-state index is -0.554. The van der Waals surface area contributed by atoms with Gasteiger partial charge in [-0.25, -0.2) is 4.79 Å². The summed E-state index contributed by atoms with van der Waals surface area (Å²) >= 11 is 0. The third kappa shape index (κ3) is 3.94. The van der Waals surface area contributed by atoms with Crippen LogP contribution in [0.4, 0.5) is 0 Å². The molecule has 0 saturated carbocycles. The van der Waals surface area contributed by atoms with E-state index in [0.29, 0.717) is 30.8 Å². The van der Waals surface area contributed by atoms with Crippen LogP contribution in [-0.4, -0.2) is 30.9 Å². The highest BCUT2D eigenvalue weighted by Gasteiger charge is 2.16. The fourth-order valence-electron chi connectivity index (χ4n) is 1.43. The number of allylic oxidation sites excluding steroid dienone is 2. The number of rotatable bonds is 3. The molecule has 0 spiro atoms. The molecule has 0 aromatic rings. The van der Waals surface area contributed by atoms with Crippen LogP contribution in [0.25, 0.3) is 0 Å². The zero-order chi connectivity index (χ0) is 15.1. The number of carbonyl (C=O) groups excluding carboxylic acids is 2. The van der Waals surface area contributed by atoms with Gasteiger partial charge in [0.1, 0.15) is 5.70 Å². The Morgan fingerprint density at radius 2 is 1.65 bits per heavy atom. The minimum absolute atomic E-state index is 0.204. The maximum atomic E-state index is 11.0. The first-order valence-electron chi connectivity index (χ1n) is 5.96. The summed E-state index contributed by atoms with van der Waals surface area (Å²) in [5.74, 6) is -0.986. The Hall–Kier alpha value is -2.64. The number of aliphatic imine (C=N–C) groups is 2. The Morgan fingerprint density at radius 1 is 1.15 bits per heavy atom. The molecule has 6 N–H and O–H groups in total. The van der Waals surface area contributed by atoms with Crippen molar-refractivity contribution in [3.63, 3.8) is 0 Å². The highest BCUT2D eigenvalue weighted by atomic mass is 16.5. The van der Waals surface area contributed by atoms with Gasteiger partial charge in [0.15, 0.2) is 5.70 Å². The van der Waals surface area contributed by atoms with Crippen molar-refractivity contribution in [1.29, 1.82) is 0 Å². The molecule has 0 atom stereocenters. The Labute approximate surface area is 116 Å². The van der Waals surface area contributed by atoms with Gasteiger partial charge in [-0.15, -0.1) is 0 Å². The van der Waals surface area contributed by atoms with E-state index in [4.69, 9.17) is 21.9 Å². The molecule has 2 rings (SSSR count). The lowest BCUT2D eigenvalue weighted by Crippen LogP contribution is -2.15. The number of primary amides is 1. The number of hydrogen-bond donors (Lipinski definition) is 3. The SMILES string of the molecule is CCOC(=O)C1=C(N)CC=N1.NC(=O)C1=C(N)CC=N1. The summed E-state index contributed by atoms with van der Waals surface area (Å²) in [6.45, 7) is 2.10. The Morgan fingerprint density at radius 3 is 1.95 bits per heavy atom. The van der Waals surface area contributed by atoms with Crippen LogP contribution < -0.4 is 17.2 Å². The number of nitrogens with zero attached hydrogens (tertiary/aromatic N) is 2. The first-order valence-corrected chi connectivity index (χ1v) is 5.96. The molecule has 20 heavy (non-hydrogen) atoms. The van der Waals surface area contributed by atoms with E-state index < -0.39 is 11.9 Å². The third-order valence-corrected chi connectivity index (χ3v) is 2.37. The number of amides is 1. The van der Waals surface area contributed by atoms with Gasteiger partial charge >= 0.3 is 5.97 Å². The third-order valence-electron chi connectivity index (χ3n) is 2.37. The number of nitrogens with two attached hydrogens (primary N) is 3. The van der Waals surface area contributed by atoms with Crippen molar-refractivity contribution in [2.75, 3.05) is 6.61 Å². The Bertz CT molecular complexity index is 531. The number of carbonyl (C=O) groups is 2. The summed E-state index contributed by atoms with van der Waals surface area (Å²) in [6.07, 6.45) is 4.25. The second kappa shape index (κ2) is 7.07. The van der Waals surface area contributed by atoms with Crippen LogP contribution in [0, 0.1) is 0 Å². The summed E-state index contributed by atoms with van der Waals surface area (Å²) in [5.41, 5.74) is 17.1. The van der Waals surface area contributed by atoms with Gasteiger partial charge in [-0.2, -0.15) is 0 Å². The molecule has 8 heteroatoms. The van der Waals surface area contributed by atoms with Crippen molar-refractivity contribution in [2.24, 2.45) is 27.2 Å². The fraction of sp³-hybridized carbons (Fsp3) is 0.333. The van der Waals surface area contributed by atoms with Crippen molar-refractivity contribution in [3.05, 3.63) is 22.8 Å². The van der Waals surface area contributed by atoms with Gasteiger partial charge in [-0.05, 0) is 6.92 Å². The zero-order valence-corrected chi connectivity index (χ0v) is 11.1. The molecule has 0 radical (unpaired) electrons. The Balaban J connectivity index is 0.000000204. The van der Waals surface area contributed by atoms with Crippen molar-refractivity contribution in [2.45, 2.75) is 19.8 Å². The van der Waals surface area contributed by atoms with Gasteiger partial charge in [0, 0.05) is 36.7 Å². The van der Waals surface area contributed by atoms with Gasteiger partial charge in [0.25, 0.3) is 5.91 Å². The lowest BCUT2D eigenvalue weighted by Gasteiger charge is -1.99. The minimum Gasteiger partial charge on any atom is -0.461 e. The molecular formula is C12H17N5O3. The number of hydrogen-bond acceptors (Lipinski definition) is 7. The van der Waals surface area contributed by atoms with E-state index in [9.17, 15) is 9.59 Å². The van der Waals surface area contributed by atoms with E-state index in [2.05, 4.69) is 9.98 Å². The predicted molar refractivity (Wildman–Crippen MR) is 74.5 cm³/mol. The van der Waals surface area contributed by atoms with Crippen LogP contribution in [0.3, 0.4) is 0 Å². The molecule has 0 bridgehead atoms. The molecule has 8 nitrogen and oxygen atoms in total. The molecule has 0 aromatic heterocycles. The smallest absolute Gasteiger partial charge is 0.358 e. The van der Waals surface area contributed by atoms with Crippen LogP contribution in [0.15, 0.2) is 32.8 Å². The molecule has 0 saturated heterocycles. The summed E-state index contributed by atoms with van der Waals surface area (Å²) in [4.78, 5) is 28.8. The molecule has 108 valence electrons. The standard InChI is InChI=1S/C7H10N2O2.C5H7N3O/c1-2-11-7(10)6-5(8)3-4-9-6;6-3-1-2-8-4(3)5(7)9/h4H,2-3,8H2,1H3;2H,1,6H2,(H2,7,9). The lowest BCUT2D eigenvalue weighted by molar-refractivity contribution is -0.138. The highest BCUT2D eigenvalue weighted by Crippen LogP contribution is 2.11. The molecule has 2 aliphatic rings. The molecular weight excluding hydrogens is 262 g/mol. The van der Waals surface area contributed by atoms with Crippen LogP contribution in [0.1, 0.15) is 19.8 Å². The maximum Gasteiger partial charge on any atom is 0.358 e. The van der Waals surface area contributed by atoms with Gasteiger partial charge < -0.3 is 21.9 Å². The predicted octanol–water partition coefficient (Wildman–Crippen LogP) is -0.689. The first-order chi connectivity index (χ1) is 9.47. The number of ether oxygens (including phenoxy) is 1. The maximum absolute atomic E-state index is 11.0. The van der Waals surface area contributed by atoms with E-state index in [0.717, 1.165) is 0 Å². The first kappa shape index (κ1) is 15.4. The van der Waals surface area contributed by atoms with Crippen molar-refractivity contribution in [3.8, 4) is 0 Å².